The molecule has 0 radical (unpaired) electrons. The largest absolute Gasteiger partial charge is 0.497 e. The minimum atomic E-state index is -0.493. The maximum Gasteiger partial charge on any atom is 0.272 e. The number of nitrogens with one attached hydrogen (secondary N) is 2. The Morgan fingerprint density at radius 3 is 2.50 bits per heavy atom. The lowest BCUT2D eigenvalue weighted by Gasteiger charge is -2.10. The van der Waals surface area contributed by atoms with Gasteiger partial charge in [-0.1, -0.05) is 18.2 Å². The molecule has 8 nitrogen and oxygen atoms in total. The summed E-state index contributed by atoms with van der Waals surface area (Å²) in [7, 11) is 2.96. The monoisotopic (exact) mass is 458 g/mol. The predicted octanol–water partition coefficient (Wildman–Crippen LogP) is 3.57. The van der Waals surface area contributed by atoms with E-state index < -0.39 is 11.4 Å². The zero-order valence-electron chi connectivity index (χ0n) is 18.3. The summed E-state index contributed by atoms with van der Waals surface area (Å²) in [6, 6.07) is 14.7. The Labute approximate surface area is 192 Å². The molecule has 0 aliphatic rings. The van der Waals surface area contributed by atoms with E-state index in [0.29, 0.717) is 44.6 Å². The third-order valence-corrected chi connectivity index (χ3v) is 5.58. The van der Waals surface area contributed by atoms with E-state index in [1.165, 1.54) is 26.4 Å². The molecule has 0 aliphatic heterocycles. The number of H-pyrrole nitrogens is 2. The molecule has 2 heterocycles. The third kappa shape index (κ3) is 3.77. The molecule has 3 aromatic carbocycles. The van der Waals surface area contributed by atoms with E-state index in [9.17, 15) is 14.0 Å². The number of hydrogen-bond acceptors (Lipinski definition) is 6. The van der Waals surface area contributed by atoms with E-state index in [-0.39, 0.29) is 23.2 Å². The van der Waals surface area contributed by atoms with Gasteiger partial charge in [-0.3, -0.25) is 9.59 Å². The molecule has 0 bridgehead atoms. The number of benzene rings is 3. The summed E-state index contributed by atoms with van der Waals surface area (Å²) in [6.07, 6.45) is 0.265. The third-order valence-electron chi connectivity index (χ3n) is 5.58. The average molecular weight is 458 g/mol. The molecule has 0 amide bonds. The fraction of sp³-hybridized carbons (Fsp3) is 0.120. The molecule has 9 heteroatoms. The maximum absolute atomic E-state index is 14.6. The molecule has 0 saturated heterocycles. The van der Waals surface area contributed by atoms with Crippen molar-refractivity contribution in [3.8, 4) is 22.9 Å². The molecule has 0 fully saturated rings. The smallest absolute Gasteiger partial charge is 0.272 e. The highest BCUT2D eigenvalue weighted by molar-refractivity contribution is 5.87. The number of hydrogen-bond donors (Lipinski definition) is 2. The van der Waals surface area contributed by atoms with Crippen LogP contribution >= 0.6 is 0 Å². The van der Waals surface area contributed by atoms with E-state index in [4.69, 9.17) is 9.47 Å². The van der Waals surface area contributed by atoms with Gasteiger partial charge in [-0.2, -0.15) is 5.10 Å². The van der Waals surface area contributed by atoms with Gasteiger partial charge in [0.2, 0.25) is 0 Å². The quantitative estimate of drug-likeness (QED) is 0.417. The number of halogens is 1. The molecule has 0 aliphatic carbocycles. The zero-order chi connectivity index (χ0) is 23.8. The van der Waals surface area contributed by atoms with E-state index in [0.717, 1.165) is 0 Å². The van der Waals surface area contributed by atoms with Crippen LogP contribution in [0.1, 0.15) is 11.3 Å². The van der Waals surface area contributed by atoms with Gasteiger partial charge in [0, 0.05) is 29.5 Å². The van der Waals surface area contributed by atoms with Crippen molar-refractivity contribution in [1.29, 1.82) is 0 Å². The van der Waals surface area contributed by atoms with Crippen molar-refractivity contribution in [1.82, 2.24) is 20.2 Å². The van der Waals surface area contributed by atoms with Crippen LogP contribution in [0.3, 0.4) is 0 Å². The van der Waals surface area contributed by atoms with Crippen molar-refractivity contribution in [2.45, 2.75) is 6.42 Å². The molecule has 0 saturated carbocycles. The number of aromatic amines is 2. The Bertz CT molecular complexity index is 1680. The van der Waals surface area contributed by atoms with Crippen molar-refractivity contribution >= 4 is 21.7 Å². The summed E-state index contributed by atoms with van der Waals surface area (Å²) >= 11 is 0. The Hall–Kier alpha value is -4.53. The second-order valence-corrected chi connectivity index (χ2v) is 7.71. The molecule has 2 N–H and O–H groups in total. The minimum Gasteiger partial charge on any atom is -0.497 e. The van der Waals surface area contributed by atoms with Crippen LogP contribution in [0.15, 0.2) is 64.2 Å². The van der Waals surface area contributed by atoms with Crippen LogP contribution in [0, 0.1) is 5.82 Å². The molecule has 0 unspecified atom stereocenters. The number of rotatable bonds is 5. The summed E-state index contributed by atoms with van der Waals surface area (Å²) in [6.45, 7) is 0. The van der Waals surface area contributed by atoms with Crippen LogP contribution in [0.5, 0.6) is 11.5 Å². The Morgan fingerprint density at radius 1 is 0.941 bits per heavy atom. The van der Waals surface area contributed by atoms with Gasteiger partial charge in [-0.25, -0.2) is 14.5 Å². The van der Waals surface area contributed by atoms with Gasteiger partial charge in [0.15, 0.2) is 0 Å². The fourth-order valence-electron chi connectivity index (χ4n) is 4.02. The summed E-state index contributed by atoms with van der Waals surface area (Å²) < 4.78 is 25.2. The number of methoxy groups -OCH3 is 2. The van der Waals surface area contributed by atoms with Crippen LogP contribution < -0.4 is 20.6 Å². The fourth-order valence-corrected chi connectivity index (χ4v) is 4.02. The van der Waals surface area contributed by atoms with Crippen LogP contribution in [0.4, 0.5) is 4.39 Å². The van der Waals surface area contributed by atoms with Gasteiger partial charge in [-0.15, -0.1) is 0 Å². The summed E-state index contributed by atoms with van der Waals surface area (Å²) in [4.78, 5) is 32.2. The van der Waals surface area contributed by atoms with Gasteiger partial charge < -0.3 is 14.5 Å². The second-order valence-electron chi connectivity index (χ2n) is 7.71. The first-order chi connectivity index (χ1) is 16.5. The van der Waals surface area contributed by atoms with Crippen molar-refractivity contribution in [2.75, 3.05) is 14.2 Å². The van der Waals surface area contributed by atoms with Gasteiger partial charge in [0.25, 0.3) is 11.1 Å². The van der Waals surface area contributed by atoms with Crippen LogP contribution in [-0.2, 0) is 6.42 Å². The molecule has 5 rings (SSSR count). The van der Waals surface area contributed by atoms with Gasteiger partial charge >= 0.3 is 0 Å². The number of aromatic nitrogens is 4. The highest BCUT2D eigenvalue weighted by Crippen LogP contribution is 2.29. The Balaban J connectivity index is 1.62. The maximum atomic E-state index is 14.6. The molecular formula is C25H19FN4O4. The number of ether oxygens (including phenoxy) is 2. The lowest BCUT2D eigenvalue weighted by atomic mass is 10.0. The average Bonchev–Trinajstić information content (AvgIpc) is 2.84. The van der Waals surface area contributed by atoms with Gasteiger partial charge in [-0.05, 0) is 29.8 Å². The Morgan fingerprint density at radius 2 is 1.74 bits per heavy atom. The van der Waals surface area contributed by atoms with E-state index in [2.05, 4.69) is 20.2 Å². The summed E-state index contributed by atoms with van der Waals surface area (Å²) in [5.41, 5.74) is 1.24. The van der Waals surface area contributed by atoms with Gasteiger partial charge in [0.05, 0.1) is 30.8 Å². The van der Waals surface area contributed by atoms with Crippen molar-refractivity contribution in [3.05, 3.63) is 92.4 Å². The number of fused-ring (bicyclic) bond motifs is 2. The van der Waals surface area contributed by atoms with E-state index >= 15 is 0 Å². The van der Waals surface area contributed by atoms with Gasteiger partial charge in [0.1, 0.15) is 28.5 Å². The van der Waals surface area contributed by atoms with Crippen LogP contribution in [-0.4, -0.2) is 34.4 Å². The molecule has 0 spiro atoms. The van der Waals surface area contributed by atoms with Crippen LogP contribution in [0.2, 0.25) is 0 Å². The van der Waals surface area contributed by atoms with E-state index in [1.807, 2.05) is 6.07 Å². The SMILES string of the molecule is COc1cc(OC)c2c(=O)[nH]c(-c3cc(F)cc(Cc4n[nH]c(=O)c5ccccc45)c3)nc2c1. The summed E-state index contributed by atoms with van der Waals surface area (Å²) in [5.74, 6) is 0.509. The van der Waals surface area contributed by atoms with E-state index in [1.54, 1.807) is 36.4 Å². The highest BCUT2D eigenvalue weighted by Gasteiger charge is 2.15. The lowest BCUT2D eigenvalue weighted by molar-refractivity contribution is 0.397. The first kappa shape index (κ1) is 21.3. The minimum absolute atomic E-state index is 0.202. The molecule has 34 heavy (non-hydrogen) atoms. The highest BCUT2D eigenvalue weighted by atomic mass is 19.1. The van der Waals surface area contributed by atoms with Crippen LogP contribution in [0.25, 0.3) is 33.1 Å². The second kappa shape index (κ2) is 8.43. The van der Waals surface area contributed by atoms with Crippen molar-refractivity contribution in [2.24, 2.45) is 0 Å². The molecule has 2 aromatic heterocycles. The standard InChI is InChI=1S/C25H19FN4O4/c1-33-16-11-20-22(21(12-16)34-2)25(32)28-23(27-20)14-7-13(8-15(26)10-14)9-19-17-5-3-4-6-18(17)24(31)30-29-19/h3-8,10-12H,9H2,1-2H3,(H,30,31)(H,27,28,32). The first-order valence-corrected chi connectivity index (χ1v) is 10.4. The topological polar surface area (TPSA) is 110 Å². The molecule has 170 valence electrons. The molecular weight excluding hydrogens is 439 g/mol. The number of nitrogens with zero attached hydrogens (tertiary/aromatic N) is 2. The lowest BCUT2D eigenvalue weighted by Crippen LogP contribution is -2.12. The Kier molecular flexibility index (Phi) is 5.29. The summed E-state index contributed by atoms with van der Waals surface area (Å²) in [5, 5.41) is 8.12. The first-order valence-electron chi connectivity index (χ1n) is 10.4. The predicted molar refractivity (Wildman–Crippen MR) is 126 cm³/mol. The zero-order valence-corrected chi connectivity index (χ0v) is 18.3. The normalized spacial score (nSPS) is 11.1. The molecule has 5 aromatic rings. The molecule has 0 atom stereocenters. The van der Waals surface area contributed by atoms with Crippen molar-refractivity contribution < 1.29 is 13.9 Å². The van der Waals surface area contributed by atoms with Crippen molar-refractivity contribution in [3.63, 3.8) is 0 Å².